The van der Waals surface area contributed by atoms with Crippen molar-refractivity contribution < 1.29 is 9.47 Å². The first-order valence-corrected chi connectivity index (χ1v) is 3.99. The molecule has 0 amide bonds. The highest BCUT2D eigenvalue weighted by Gasteiger charge is 2.29. The number of methoxy groups -OCH3 is 1. The summed E-state index contributed by atoms with van der Waals surface area (Å²) in [5.41, 5.74) is 0. The van der Waals surface area contributed by atoms with Crippen molar-refractivity contribution in [3.8, 4) is 0 Å². The zero-order valence-corrected chi connectivity index (χ0v) is 6.62. The second-order valence-corrected chi connectivity index (χ2v) is 2.93. The van der Waals surface area contributed by atoms with Crippen molar-refractivity contribution in [1.29, 1.82) is 0 Å². The van der Waals surface area contributed by atoms with Crippen LogP contribution in [0.15, 0.2) is 24.2 Å². The Morgan fingerprint density at radius 1 is 1.64 bits per heavy atom. The van der Waals surface area contributed by atoms with Gasteiger partial charge in [0, 0.05) is 12.0 Å². The van der Waals surface area contributed by atoms with E-state index in [0.29, 0.717) is 18.0 Å². The highest BCUT2D eigenvalue weighted by Crippen LogP contribution is 2.31. The second kappa shape index (κ2) is 2.61. The Bertz CT molecular complexity index is 206. The van der Waals surface area contributed by atoms with Crippen LogP contribution in [0, 0.1) is 5.92 Å². The molecule has 0 bridgehead atoms. The highest BCUT2D eigenvalue weighted by molar-refractivity contribution is 5.12. The maximum absolute atomic E-state index is 5.50. The van der Waals surface area contributed by atoms with E-state index in [2.05, 4.69) is 12.2 Å². The fourth-order valence-corrected chi connectivity index (χ4v) is 1.59. The molecule has 0 aromatic rings. The van der Waals surface area contributed by atoms with Crippen LogP contribution < -0.4 is 0 Å². The van der Waals surface area contributed by atoms with Gasteiger partial charge in [0.15, 0.2) is 0 Å². The molecule has 2 nitrogen and oxygen atoms in total. The molecule has 0 fully saturated rings. The van der Waals surface area contributed by atoms with Crippen LogP contribution in [0.2, 0.25) is 0 Å². The molecule has 0 radical (unpaired) electrons. The molecule has 2 rings (SSSR count). The first kappa shape index (κ1) is 6.77. The summed E-state index contributed by atoms with van der Waals surface area (Å²) in [7, 11) is 1.65. The Hall–Kier alpha value is -0.920. The fourth-order valence-electron chi connectivity index (χ4n) is 1.59. The summed E-state index contributed by atoms with van der Waals surface area (Å²) in [4.78, 5) is 0. The first-order valence-electron chi connectivity index (χ1n) is 3.99. The molecule has 2 heteroatoms. The van der Waals surface area contributed by atoms with Crippen LogP contribution in [0.1, 0.15) is 12.8 Å². The van der Waals surface area contributed by atoms with Crippen LogP contribution in [-0.2, 0) is 9.47 Å². The summed E-state index contributed by atoms with van der Waals surface area (Å²) in [5, 5.41) is 0. The largest absolute Gasteiger partial charge is 0.469 e. The molecule has 0 spiro atoms. The molecule has 60 valence electrons. The van der Waals surface area contributed by atoms with Crippen molar-refractivity contribution in [3.05, 3.63) is 24.2 Å². The van der Waals surface area contributed by atoms with Gasteiger partial charge in [-0.3, -0.25) is 0 Å². The molecule has 1 heterocycles. The Kier molecular flexibility index (Phi) is 1.60. The van der Waals surface area contributed by atoms with Crippen LogP contribution in [0.3, 0.4) is 0 Å². The predicted octanol–water partition coefficient (Wildman–Crippen LogP) is 1.84. The third-order valence-electron chi connectivity index (χ3n) is 2.20. The zero-order valence-electron chi connectivity index (χ0n) is 6.62. The summed E-state index contributed by atoms with van der Waals surface area (Å²) in [6.45, 7) is 0. The first-order chi connectivity index (χ1) is 5.40. The molecule has 0 saturated heterocycles. The molecule has 11 heavy (non-hydrogen) atoms. The second-order valence-electron chi connectivity index (χ2n) is 2.93. The molecular formula is C9H12O2. The standard InChI is InChI=1S/C9H12O2/c1-10-9-6-7-4-2-3-5-8(7)11-9/h2,4,6-8H,3,5H2,1H3. The van der Waals surface area contributed by atoms with E-state index in [1.165, 1.54) is 0 Å². The fraction of sp³-hybridized carbons (Fsp3) is 0.556. The van der Waals surface area contributed by atoms with E-state index in [9.17, 15) is 0 Å². The van der Waals surface area contributed by atoms with Gasteiger partial charge in [0.2, 0.25) is 0 Å². The van der Waals surface area contributed by atoms with Gasteiger partial charge in [0.1, 0.15) is 6.10 Å². The molecule has 1 aliphatic heterocycles. The average Bonchev–Trinajstić information content (AvgIpc) is 2.46. The van der Waals surface area contributed by atoms with Crippen molar-refractivity contribution in [2.45, 2.75) is 18.9 Å². The lowest BCUT2D eigenvalue weighted by atomic mass is 9.94. The van der Waals surface area contributed by atoms with E-state index >= 15 is 0 Å². The summed E-state index contributed by atoms with van der Waals surface area (Å²) < 4.78 is 10.5. The van der Waals surface area contributed by atoms with Gasteiger partial charge in [0.25, 0.3) is 5.95 Å². The van der Waals surface area contributed by atoms with Crippen molar-refractivity contribution >= 4 is 0 Å². The number of rotatable bonds is 1. The van der Waals surface area contributed by atoms with Crippen LogP contribution in [0.25, 0.3) is 0 Å². The molecule has 1 aliphatic carbocycles. The minimum atomic E-state index is 0.343. The Labute approximate surface area is 66.5 Å². The van der Waals surface area contributed by atoms with Crippen molar-refractivity contribution in [1.82, 2.24) is 0 Å². The van der Waals surface area contributed by atoms with E-state index in [-0.39, 0.29) is 0 Å². The van der Waals surface area contributed by atoms with Gasteiger partial charge < -0.3 is 9.47 Å². The number of allylic oxidation sites excluding steroid dienone is 1. The van der Waals surface area contributed by atoms with Crippen molar-refractivity contribution in [2.75, 3.05) is 7.11 Å². The minimum Gasteiger partial charge on any atom is -0.469 e. The Morgan fingerprint density at radius 2 is 2.55 bits per heavy atom. The number of fused-ring (bicyclic) bond motifs is 1. The van der Waals surface area contributed by atoms with Gasteiger partial charge in [-0.05, 0) is 12.8 Å². The summed E-state index contributed by atoms with van der Waals surface area (Å²) in [5.74, 6) is 1.14. The normalized spacial score (nSPS) is 34.1. The summed E-state index contributed by atoms with van der Waals surface area (Å²) in [6.07, 6.45) is 9.03. The predicted molar refractivity (Wildman–Crippen MR) is 41.8 cm³/mol. The lowest BCUT2D eigenvalue weighted by molar-refractivity contribution is 0.0213. The maximum Gasteiger partial charge on any atom is 0.275 e. The molecule has 0 saturated carbocycles. The van der Waals surface area contributed by atoms with Crippen LogP contribution in [-0.4, -0.2) is 13.2 Å². The molecular weight excluding hydrogens is 140 g/mol. The van der Waals surface area contributed by atoms with Gasteiger partial charge in [0.05, 0.1) is 7.11 Å². The maximum atomic E-state index is 5.50. The Balaban J connectivity index is 2.11. The summed E-state index contributed by atoms with van der Waals surface area (Å²) >= 11 is 0. The van der Waals surface area contributed by atoms with Gasteiger partial charge in [-0.2, -0.15) is 0 Å². The molecule has 2 atom stereocenters. The Morgan fingerprint density at radius 3 is 3.27 bits per heavy atom. The van der Waals surface area contributed by atoms with Gasteiger partial charge in [-0.15, -0.1) is 0 Å². The van der Waals surface area contributed by atoms with Crippen LogP contribution >= 0.6 is 0 Å². The molecule has 2 unspecified atom stereocenters. The van der Waals surface area contributed by atoms with E-state index < -0.39 is 0 Å². The number of ether oxygens (including phenoxy) is 2. The van der Waals surface area contributed by atoms with Gasteiger partial charge in [-0.25, -0.2) is 0 Å². The molecule has 0 aromatic carbocycles. The topological polar surface area (TPSA) is 18.5 Å². The van der Waals surface area contributed by atoms with Gasteiger partial charge >= 0.3 is 0 Å². The van der Waals surface area contributed by atoms with Crippen molar-refractivity contribution in [3.63, 3.8) is 0 Å². The van der Waals surface area contributed by atoms with Crippen LogP contribution in [0.5, 0.6) is 0 Å². The van der Waals surface area contributed by atoms with E-state index in [1.807, 2.05) is 6.08 Å². The average molecular weight is 152 g/mol. The number of hydrogen-bond donors (Lipinski definition) is 0. The summed E-state index contributed by atoms with van der Waals surface area (Å²) in [6, 6.07) is 0. The highest BCUT2D eigenvalue weighted by atomic mass is 16.7. The quantitative estimate of drug-likeness (QED) is 0.534. The van der Waals surface area contributed by atoms with Gasteiger partial charge in [-0.1, -0.05) is 12.2 Å². The third-order valence-corrected chi connectivity index (χ3v) is 2.20. The third kappa shape index (κ3) is 1.13. The molecule has 2 aliphatic rings. The van der Waals surface area contributed by atoms with E-state index in [4.69, 9.17) is 9.47 Å². The van der Waals surface area contributed by atoms with E-state index in [1.54, 1.807) is 7.11 Å². The smallest absolute Gasteiger partial charge is 0.275 e. The minimum absolute atomic E-state index is 0.343. The SMILES string of the molecule is COC1=CC2C=CCCC2O1. The lowest BCUT2D eigenvalue weighted by Crippen LogP contribution is -2.17. The number of hydrogen-bond acceptors (Lipinski definition) is 2. The zero-order chi connectivity index (χ0) is 7.68. The van der Waals surface area contributed by atoms with E-state index in [0.717, 1.165) is 12.8 Å². The molecule has 0 N–H and O–H groups in total. The monoisotopic (exact) mass is 152 g/mol. The lowest BCUT2D eigenvalue weighted by Gasteiger charge is -2.18. The van der Waals surface area contributed by atoms with Crippen LogP contribution in [0.4, 0.5) is 0 Å². The van der Waals surface area contributed by atoms with Crippen molar-refractivity contribution in [2.24, 2.45) is 5.92 Å². The molecule has 0 aromatic heterocycles.